The summed E-state index contributed by atoms with van der Waals surface area (Å²) < 4.78 is 41.5. The number of nitrogens with one attached hydrogen (secondary N) is 1. The van der Waals surface area contributed by atoms with Gasteiger partial charge in [0.15, 0.2) is 0 Å². The maximum absolute atomic E-state index is 13.8. The maximum atomic E-state index is 13.8. The number of rotatable bonds is 2. The Morgan fingerprint density at radius 1 is 1.12 bits per heavy atom. The zero-order valence-corrected chi connectivity index (χ0v) is 14.0. The van der Waals surface area contributed by atoms with Crippen molar-refractivity contribution in [1.29, 1.82) is 0 Å². The van der Waals surface area contributed by atoms with Crippen LogP contribution in [0.3, 0.4) is 0 Å². The smallest absolute Gasteiger partial charge is 0.268 e. The minimum absolute atomic E-state index is 0.211. The lowest BCUT2D eigenvalue weighted by Crippen LogP contribution is -2.27. The summed E-state index contributed by atoms with van der Waals surface area (Å²) in [4.78, 5) is 0.211. The first kappa shape index (κ1) is 15.4. The quantitative estimate of drug-likeness (QED) is 0.778. The number of aryl methyl sites for hydroxylation is 1. The lowest BCUT2D eigenvalue weighted by molar-refractivity contribution is 0.577. The molecule has 0 saturated carbocycles. The van der Waals surface area contributed by atoms with Crippen LogP contribution < -0.4 is 5.32 Å². The van der Waals surface area contributed by atoms with E-state index >= 15 is 0 Å². The van der Waals surface area contributed by atoms with Crippen molar-refractivity contribution in [1.82, 2.24) is 9.29 Å². The van der Waals surface area contributed by atoms with Crippen molar-refractivity contribution in [2.45, 2.75) is 24.8 Å². The third kappa shape index (κ3) is 2.25. The van der Waals surface area contributed by atoms with Gasteiger partial charge in [0.1, 0.15) is 5.82 Å². The number of hydrogen-bond acceptors (Lipinski definition) is 3. The fourth-order valence-electron chi connectivity index (χ4n) is 3.32. The predicted molar refractivity (Wildman–Crippen MR) is 91.1 cm³/mol. The minimum Gasteiger partial charge on any atom is -0.311 e. The van der Waals surface area contributed by atoms with Crippen LogP contribution >= 0.6 is 0 Å². The third-order valence-electron chi connectivity index (χ3n) is 4.50. The molecule has 0 fully saturated rings. The van der Waals surface area contributed by atoms with E-state index in [2.05, 4.69) is 5.32 Å². The molecule has 0 aliphatic carbocycles. The highest BCUT2D eigenvalue weighted by Gasteiger charge is 2.28. The molecule has 0 saturated heterocycles. The van der Waals surface area contributed by atoms with E-state index in [-0.39, 0.29) is 4.90 Å². The van der Waals surface area contributed by atoms with Crippen LogP contribution in [0.25, 0.3) is 10.9 Å². The van der Waals surface area contributed by atoms with Crippen molar-refractivity contribution < 1.29 is 12.8 Å². The highest BCUT2D eigenvalue weighted by Crippen LogP contribution is 2.32. The normalized spacial score (nSPS) is 14.8. The van der Waals surface area contributed by atoms with Gasteiger partial charge in [0, 0.05) is 11.9 Å². The summed E-state index contributed by atoms with van der Waals surface area (Å²) in [6.07, 6.45) is 0.730. The second kappa shape index (κ2) is 5.43. The molecule has 0 spiro atoms. The molecule has 1 aliphatic heterocycles. The number of aromatic nitrogens is 1. The van der Waals surface area contributed by atoms with Crippen LogP contribution in [0.15, 0.2) is 47.4 Å². The van der Waals surface area contributed by atoms with Gasteiger partial charge in [-0.15, -0.1) is 0 Å². The molecule has 0 atom stereocenters. The number of hydrogen-bond donors (Lipinski definition) is 1. The average Bonchev–Trinajstić information content (AvgIpc) is 2.89. The van der Waals surface area contributed by atoms with Gasteiger partial charge in [-0.25, -0.2) is 16.8 Å². The molecule has 0 radical (unpaired) electrons. The summed E-state index contributed by atoms with van der Waals surface area (Å²) in [5, 5.41) is 4.02. The van der Waals surface area contributed by atoms with Crippen molar-refractivity contribution in [3.63, 3.8) is 0 Å². The topological polar surface area (TPSA) is 51.1 Å². The Morgan fingerprint density at radius 3 is 2.62 bits per heavy atom. The number of nitrogens with zero attached hydrogens (tertiary/aromatic N) is 1. The summed E-state index contributed by atoms with van der Waals surface area (Å²) in [7, 11) is -3.79. The van der Waals surface area contributed by atoms with Crippen LogP contribution in [0.1, 0.15) is 16.8 Å². The molecule has 1 N–H and O–H groups in total. The highest BCUT2D eigenvalue weighted by molar-refractivity contribution is 7.90. The summed E-state index contributed by atoms with van der Waals surface area (Å²) in [6.45, 7) is 3.15. The summed E-state index contributed by atoms with van der Waals surface area (Å²) >= 11 is 0. The third-order valence-corrected chi connectivity index (χ3v) is 6.27. The Labute approximate surface area is 140 Å². The first-order chi connectivity index (χ1) is 11.5. The van der Waals surface area contributed by atoms with E-state index in [1.807, 2.05) is 6.92 Å². The van der Waals surface area contributed by atoms with Crippen LogP contribution in [0.5, 0.6) is 0 Å². The molecule has 4 nitrogen and oxygen atoms in total. The fourth-order valence-corrected chi connectivity index (χ4v) is 4.88. The van der Waals surface area contributed by atoms with Gasteiger partial charge in [-0.05, 0) is 55.8 Å². The van der Waals surface area contributed by atoms with E-state index in [9.17, 15) is 12.8 Å². The maximum Gasteiger partial charge on any atom is 0.268 e. The van der Waals surface area contributed by atoms with Gasteiger partial charge in [-0.1, -0.05) is 17.7 Å². The van der Waals surface area contributed by atoms with Gasteiger partial charge in [-0.3, -0.25) is 0 Å². The average molecular weight is 344 g/mol. The Bertz CT molecular complexity index is 1040. The molecule has 3 aromatic rings. The Hall–Kier alpha value is -2.18. The minimum atomic E-state index is -3.79. The van der Waals surface area contributed by atoms with Crippen molar-refractivity contribution >= 4 is 20.9 Å². The standard InChI is InChI=1S/C18H17FN2O2S/c1-12-2-5-14(6-3-12)24(22,23)21-17-10-13(19)4-7-15(17)16-8-9-20-11-18(16)21/h2-7,10,20H,8-9,11H2,1H3. The van der Waals surface area contributed by atoms with Gasteiger partial charge in [0.2, 0.25) is 0 Å². The Kier molecular flexibility index (Phi) is 3.47. The SMILES string of the molecule is Cc1ccc(S(=O)(=O)n2c3c(c4ccc(F)cc42)CCNC3)cc1. The molecular formula is C18H17FN2O2S. The fraction of sp³-hybridized carbons (Fsp3) is 0.222. The van der Waals surface area contributed by atoms with E-state index < -0.39 is 15.8 Å². The van der Waals surface area contributed by atoms with E-state index in [0.29, 0.717) is 17.8 Å². The van der Waals surface area contributed by atoms with Crippen LogP contribution in [0, 0.1) is 12.7 Å². The number of fused-ring (bicyclic) bond motifs is 3. The largest absolute Gasteiger partial charge is 0.311 e. The van der Waals surface area contributed by atoms with Gasteiger partial charge < -0.3 is 5.32 Å². The Morgan fingerprint density at radius 2 is 1.88 bits per heavy atom. The van der Waals surface area contributed by atoms with Crippen molar-refractivity contribution in [3.8, 4) is 0 Å². The molecular weight excluding hydrogens is 327 g/mol. The van der Waals surface area contributed by atoms with Crippen molar-refractivity contribution in [3.05, 3.63) is 65.1 Å². The van der Waals surface area contributed by atoms with Gasteiger partial charge in [0.05, 0.1) is 16.1 Å². The summed E-state index contributed by atoms with van der Waals surface area (Å²) in [5.74, 6) is -0.439. The molecule has 4 rings (SSSR count). The molecule has 2 aromatic carbocycles. The molecule has 124 valence electrons. The van der Waals surface area contributed by atoms with Crippen LogP contribution in [0.2, 0.25) is 0 Å². The molecule has 1 aliphatic rings. The summed E-state index contributed by atoms with van der Waals surface area (Å²) in [5.41, 5.74) is 3.08. The van der Waals surface area contributed by atoms with Gasteiger partial charge in [-0.2, -0.15) is 0 Å². The molecule has 2 heterocycles. The summed E-state index contributed by atoms with van der Waals surface area (Å²) in [6, 6.07) is 11.1. The van der Waals surface area contributed by atoms with E-state index in [1.54, 1.807) is 30.3 Å². The predicted octanol–water partition coefficient (Wildman–Crippen LogP) is 2.97. The van der Waals surface area contributed by atoms with Crippen LogP contribution in [0.4, 0.5) is 4.39 Å². The van der Waals surface area contributed by atoms with E-state index in [1.165, 1.54) is 16.1 Å². The Balaban J connectivity index is 2.05. The zero-order valence-electron chi connectivity index (χ0n) is 13.2. The number of benzene rings is 2. The monoisotopic (exact) mass is 344 g/mol. The molecule has 6 heteroatoms. The second-order valence-corrected chi connectivity index (χ2v) is 7.88. The second-order valence-electron chi connectivity index (χ2n) is 6.10. The van der Waals surface area contributed by atoms with E-state index in [4.69, 9.17) is 0 Å². The van der Waals surface area contributed by atoms with Crippen molar-refractivity contribution in [2.24, 2.45) is 0 Å². The van der Waals surface area contributed by atoms with Crippen LogP contribution in [-0.2, 0) is 23.0 Å². The lowest BCUT2D eigenvalue weighted by atomic mass is 10.0. The van der Waals surface area contributed by atoms with Gasteiger partial charge in [0.25, 0.3) is 10.0 Å². The first-order valence-electron chi connectivity index (χ1n) is 7.83. The molecule has 24 heavy (non-hydrogen) atoms. The zero-order chi connectivity index (χ0) is 16.9. The van der Waals surface area contributed by atoms with Crippen molar-refractivity contribution in [2.75, 3.05) is 6.54 Å². The highest BCUT2D eigenvalue weighted by atomic mass is 32.2. The van der Waals surface area contributed by atoms with Crippen LogP contribution in [-0.4, -0.2) is 18.9 Å². The molecule has 0 amide bonds. The molecule has 0 unspecified atom stereocenters. The van der Waals surface area contributed by atoms with E-state index in [0.717, 1.165) is 29.5 Å². The number of halogens is 1. The molecule has 0 bridgehead atoms. The first-order valence-corrected chi connectivity index (χ1v) is 9.27. The molecule has 1 aromatic heterocycles. The van der Waals surface area contributed by atoms with Gasteiger partial charge >= 0.3 is 0 Å². The lowest BCUT2D eigenvalue weighted by Gasteiger charge is -2.17.